The minimum absolute atomic E-state index is 0.0979. The summed E-state index contributed by atoms with van der Waals surface area (Å²) in [6.45, 7) is 15.0. The SMILES string of the molecule is CCNC(=O)CN1CCN([C@@H](C)c2nc(C(C)(C)C)no2)CC1. The lowest BCUT2D eigenvalue weighted by molar-refractivity contribution is -0.122. The van der Waals surface area contributed by atoms with Gasteiger partial charge in [0.2, 0.25) is 11.8 Å². The summed E-state index contributed by atoms with van der Waals surface area (Å²) in [5, 5.41) is 6.94. The quantitative estimate of drug-likeness (QED) is 0.877. The molecule has 7 nitrogen and oxygen atoms in total. The van der Waals surface area contributed by atoms with E-state index in [1.165, 1.54) is 0 Å². The Labute approximate surface area is 138 Å². The Hall–Kier alpha value is -1.47. The fourth-order valence-electron chi connectivity index (χ4n) is 2.63. The van der Waals surface area contributed by atoms with Crippen LogP contribution in [-0.2, 0) is 10.2 Å². The van der Waals surface area contributed by atoms with Crippen LogP contribution in [0.15, 0.2) is 4.52 Å². The zero-order valence-corrected chi connectivity index (χ0v) is 14.9. The van der Waals surface area contributed by atoms with E-state index < -0.39 is 0 Å². The number of nitrogens with zero attached hydrogens (tertiary/aromatic N) is 4. The summed E-state index contributed by atoms with van der Waals surface area (Å²) in [6.07, 6.45) is 0. The van der Waals surface area contributed by atoms with E-state index in [1.54, 1.807) is 0 Å². The van der Waals surface area contributed by atoms with E-state index in [2.05, 4.69) is 53.0 Å². The predicted molar refractivity (Wildman–Crippen MR) is 88.1 cm³/mol. The molecule has 7 heteroatoms. The van der Waals surface area contributed by atoms with E-state index in [4.69, 9.17) is 4.52 Å². The minimum atomic E-state index is -0.104. The van der Waals surface area contributed by atoms with Crippen molar-refractivity contribution in [1.82, 2.24) is 25.3 Å². The number of likely N-dealkylation sites (N-methyl/N-ethyl adjacent to an activating group) is 1. The standard InChI is InChI=1S/C16H29N5O2/c1-6-17-13(22)11-20-7-9-21(10-8-20)12(2)14-18-15(19-23-14)16(3,4)5/h12H,6-11H2,1-5H3,(H,17,22)/t12-/m0/s1. The second kappa shape index (κ2) is 7.40. The number of piperazine rings is 1. The molecule has 1 atom stereocenters. The van der Waals surface area contributed by atoms with Crippen molar-refractivity contribution in [2.24, 2.45) is 0 Å². The van der Waals surface area contributed by atoms with Crippen molar-refractivity contribution >= 4 is 5.91 Å². The molecule has 1 N–H and O–H groups in total. The minimum Gasteiger partial charge on any atom is -0.355 e. The Bertz CT molecular complexity index is 515. The number of aromatic nitrogens is 2. The summed E-state index contributed by atoms with van der Waals surface area (Å²) < 4.78 is 5.45. The first-order valence-corrected chi connectivity index (χ1v) is 8.38. The Morgan fingerprint density at radius 3 is 2.48 bits per heavy atom. The zero-order chi connectivity index (χ0) is 17.0. The lowest BCUT2D eigenvalue weighted by atomic mass is 9.96. The maximum absolute atomic E-state index is 11.6. The fraction of sp³-hybridized carbons (Fsp3) is 0.812. The van der Waals surface area contributed by atoms with Gasteiger partial charge in [-0.2, -0.15) is 4.98 Å². The van der Waals surface area contributed by atoms with Gasteiger partial charge in [-0.05, 0) is 13.8 Å². The maximum Gasteiger partial charge on any atom is 0.243 e. The first kappa shape index (κ1) is 17.9. The third-order valence-corrected chi connectivity index (χ3v) is 4.17. The number of hydrogen-bond acceptors (Lipinski definition) is 6. The highest BCUT2D eigenvalue weighted by Crippen LogP contribution is 2.24. The molecule has 0 aliphatic carbocycles. The van der Waals surface area contributed by atoms with Gasteiger partial charge in [-0.25, -0.2) is 0 Å². The average Bonchev–Trinajstić information content (AvgIpc) is 2.97. The normalized spacial score (nSPS) is 18.8. The summed E-state index contributed by atoms with van der Waals surface area (Å²) in [5.74, 6) is 1.52. The molecular formula is C16H29N5O2. The summed E-state index contributed by atoms with van der Waals surface area (Å²) in [7, 11) is 0. The van der Waals surface area contributed by atoms with E-state index >= 15 is 0 Å². The van der Waals surface area contributed by atoms with Crippen molar-refractivity contribution in [3.05, 3.63) is 11.7 Å². The van der Waals surface area contributed by atoms with Gasteiger partial charge in [0.05, 0.1) is 12.6 Å². The van der Waals surface area contributed by atoms with Gasteiger partial charge in [-0.1, -0.05) is 25.9 Å². The fourth-order valence-corrected chi connectivity index (χ4v) is 2.63. The summed E-state index contributed by atoms with van der Waals surface area (Å²) >= 11 is 0. The van der Waals surface area contributed by atoms with Crippen molar-refractivity contribution in [3.63, 3.8) is 0 Å². The number of amides is 1. The van der Waals surface area contributed by atoms with E-state index in [-0.39, 0.29) is 17.4 Å². The van der Waals surface area contributed by atoms with Crippen molar-refractivity contribution in [2.75, 3.05) is 39.3 Å². The molecule has 1 aromatic heterocycles. The Balaban J connectivity index is 1.87. The third kappa shape index (κ3) is 4.75. The Kier molecular flexibility index (Phi) is 5.75. The molecule has 23 heavy (non-hydrogen) atoms. The van der Waals surface area contributed by atoms with Gasteiger partial charge >= 0.3 is 0 Å². The van der Waals surface area contributed by atoms with Gasteiger partial charge < -0.3 is 9.84 Å². The lowest BCUT2D eigenvalue weighted by Gasteiger charge is -2.36. The van der Waals surface area contributed by atoms with Crippen LogP contribution in [0.4, 0.5) is 0 Å². The highest BCUT2D eigenvalue weighted by atomic mass is 16.5. The van der Waals surface area contributed by atoms with Crippen LogP contribution in [0.5, 0.6) is 0 Å². The van der Waals surface area contributed by atoms with E-state index in [1.807, 2.05) is 6.92 Å². The average molecular weight is 323 g/mol. The van der Waals surface area contributed by atoms with Gasteiger partial charge in [0.15, 0.2) is 5.82 Å². The number of nitrogens with one attached hydrogen (secondary N) is 1. The molecule has 1 aliphatic heterocycles. The summed E-state index contributed by atoms with van der Waals surface area (Å²) in [4.78, 5) is 20.7. The van der Waals surface area contributed by atoms with Crippen LogP contribution < -0.4 is 5.32 Å². The van der Waals surface area contributed by atoms with Crippen LogP contribution in [-0.4, -0.2) is 65.1 Å². The molecular weight excluding hydrogens is 294 g/mol. The third-order valence-electron chi connectivity index (χ3n) is 4.17. The Morgan fingerprint density at radius 2 is 1.96 bits per heavy atom. The van der Waals surface area contributed by atoms with Crippen LogP contribution in [0.2, 0.25) is 0 Å². The van der Waals surface area contributed by atoms with Crippen LogP contribution in [0, 0.1) is 0 Å². The zero-order valence-electron chi connectivity index (χ0n) is 14.9. The van der Waals surface area contributed by atoms with E-state index in [9.17, 15) is 4.79 Å². The molecule has 130 valence electrons. The van der Waals surface area contributed by atoms with E-state index in [0.29, 0.717) is 19.0 Å². The molecule has 0 unspecified atom stereocenters. The summed E-state index contributed by atoms with van der Waals surface area (Å²) in [6, 6.07) is 0.102. The molecule has 1 aromatic rings. The molecule has 0 aromatic carbocycles. The largest absolute Gasteiger partial charge is 0.355 e. The molecule has 2 rings (SSSR count). The lowest BCUT2D eigenvalue weighted by Crippen LogP contribution is -2.50. The van der Waals surface area contributed by atoms with Gasteiger partial charge in [0.25, 0.3) is 0 Å². The molecule has 2 heterocycles. The molecule has 1 saturated heterocycles. The summed E-state index contributed by atoms with van der Waals surface area (Å²) in [5.41, 5.74) is -0.104. The van der Waals surface area contributed by atoms with Crippen LogP contribution in [0.3, 0.4) is 0 Å². The molecule has 0 radical (unpaired) electrons. The smallest absolute Gasteiger partial charge is 0.243 e. The van der Waals surface area contributed by atoms with E-state index in [0.717, 1.165) is 32.0 Å². The van der Waals surface area contributed by atoms with Gasteiger partial charge in [0, 0.05) is 38.1 Å². The molecule has 1 fully saturated rings. The van der Waals surface area contributed by atoms with Crippen molar-refractivity contribution < 1.29 is 9.32 Å². The molecule has 0 spiro atoms. The van der Waals surface area contributed by atoms with Crippen LogP contribution in [0.25, 0.3) is 0 Å². The second-order valence-electron chi connectivity index (χ2n) is 7.15. The van der Waals surface area contributed by atoms with Gasteiger partial charge in [0.1, 0.15) is 0 Å². The number of hydrogen-bond donors (Lipinski definition) is 1. The van der Waals surface area contributed by atoms with Crippen molar-refractivity contribution in [2.45, 2.75) is 46.1 Å². The van der Waals surface area contributed by atoms with Gasteiger partial charge in [-0.3, -0.25) is 14.6 Å². The topological polar surface area (TPSA) is 74.5 Å². The van der Waals surface area contributed by atoms with Crippen molar-refractivity contribution in [1.29, 1.82) is 0 Å². The Morgan fingerprint density at radius 1 is 1.30 bits per heavy atom. The second-order valence-corrected chi connectivity index (χ2v) is 7.15. The monoisotopic (exact) mass is 323 g/mol. The molecule has 1 amide bonds. The number of carbonyl (C=O) groups excluding carboxylic acids is 1. The predicted octanol–water partition coefficient (Wildman–Crippen LogP) is 1.18. The first-order valence-electron chi connectivity index (χ1n) is 8.38. The molecule has 1 aliphatic rings. The first-order chi connectivity index (χ1) is 10.8. The number of rotatable bonds is 5. The highest BCUT2D eigenvalue weighted by Gasteiger charge is 2.28. The van der Waals surface area contributed by atoms with Crippen molar-refractivity contribution in [3.8, 4) is 0 Å². The highest BCUT2D eigenvalue weighted by molar-refractivity contribution is 5.77. The van der Waals surface area contributed by atoms with Crippen LogP contribution in [0.1, 0.15) is 52.4 Å². The maximum atomic E-state index is 11.6. The van der Waals surface area contributed by atoms with Crippen LogP contribution >= 0.6 is 0 Å². The number of carbonyl (C=O) groups is 1. The molecule has 0 saturated carbocycles. The van der Waals surface area contributed by atoms with Gasteiger partial charge in [-0.15, -0.1) is 0 Å². The molecule has 0 bridgehead atoms.